The van der Waals surface area contributed by atoms with Crippen molar-refractivity contribution in [2.24, 2.45) is 0 Å². The van der Waals surface area contributed by atoms with E-state index in [1.165, 1.54) is 0 Å². The summed E-state index contributed by atoms with van der Waals surface area (Å²) in [4.78, 5) is 0. The Morgan fingerprint density at radius 2 is 1.25 bits per heavy atom. The van der Waals surface area contributed by atoms with E-state index in [1.807, 2.05) is 0 Å². The van der Waals surface area contributed by atoms with E-state index in [1.54, 1.807) is 10.1 Å². The zero-order valence-electron chi connectivity index (χ0n) is 1.86. The van der Waals surface area contributed by atoms with Crippen molar-refractivity contribution in [3.8, 4) is 0 Å². The molecule has 7 radical (unpaired) electrons. The Hall–Kier alpha value is 1.30. The van der Waals surface area contributed by atoms with Crippen molar-refractivity contribution in [3.05, 3.63) is 0 Å². The van der Waals surface area contributed by atoms with Crippen LogP contribution in [0.2, 0.25) is 0 Å². The molecule has 0 saturated heterocycles. The Morgan fingerprint density at radius 3 is 1.25 bits per heavy atom. The van der Waals surface area contributed by atoms with Gasteiger partial charge in [0.05, 0.1) is 0 Å². The molecule has 0 bridgehead atoms. The van der Waals surface area contributed by atoms with Crippen molar-refractivity contribution in [2.75, 3.05) is 0 Å². The van der Waals surface area contributed by atoms with E-state index < -0.39 is 0 Å². The van der Waals surface area contributed by atoms with E-state index in [-0.39, 0.29) is 40.0 Å². The summed E-state index contributed by atoms with van der Waals surface area (Å²) in [5.74, 6) is 0. The van der Waals surface area contributed by atoms with Gasteiger partial charge in [-0.3, -0.25) is 0 Å². The molecule has 0 rings (SSSR count). The maximum absolute atomic E-state index is 8.06. The summed E-state index contributed by atoms with van der Waals surface area (Å²) in [6.07, 6.45) is 0. The molecule has 19 valence electrons. The van der Waals surface area contributed by atoms with Gasteiger partial charge in [-0.25, -0.2) is 0 Å². The second kappa shape index (κ2) is 27.7. The van der Waals surface area contributed by atoms with Gasteiger partial charge in [0.15, 0.2) is 0 Å². The molecule has 0 aliphatic carbocycles. The van der Waals surface area contributed by atoms with Crippen molar-refractivity contribution in [1.82, 2.24) is 0 Å². The maximum Gasteiger partial charge on any atom is 0.381 e. The van der Waals surface area contributed by atoms with Crippen LogP contribution in [0.3, 0.4) is 0 Å². The quantitative estimate of drug-likeness (QED) is 0.531. The minimum atomic E-state index is 0. The van der Waals surface area contributed by atoms with Crippen molar-refractivity contribution >= 4 is 27.7 Å². The fourth-order valence-electron chi connectivity index (χ4n) is 0. The monoisotopic (exact) mass is 299 g/mol. The number of rotatable bonds is 0. The molecule has 0 spiro atoms. The SMILES string of the molecule is O=[Si].[Ge].[Ta]. The Bertz CT molecular complexity index is 8.00. The van der Waals surface area contributed by atoms with Crippen LogP contribution < -0.4 is 0 Å². The molecule has 0 fully saturated rings. The van der Waals surface area contributed by atoms with Crippen LogP contribution in [0.15, 0.2) is 0 Å². The van der Waals surface area contributed by atoms with Crippen LogP contribution in [0.4, 0.5) is 0 Å². The average Bonchev–Trinajstić information content (AvgIpc) is 1.00. The Kier molecular flexibility index (Phi) is 128. The van der Waals surface area contributed by atoms with Crippen LogP contribution in [0, 0.1) is 0 Å². The summed E-state index contributed by atoms with van der Waals surface area (Å²) in [5, 5.41) is 0. The van der Waals surface area contributed by atoms with E-state index >= 15 is 0 Å². The van der Waals surface area contributed by atoms with Gasteiger partial charge in [-0.15, -0.1) is 0 Å². The minimum Gasteiger partial charge on any atom is -0.381 e. The number of hydrogen-bond acceptors (Lipinski definition) is 1. The molecule has 0 aromatic heterocycles. The van der Waals surface area contributed by atoms with E-state index in [9.17, 15) is 0 Å². The van der Waals surface area contributed by atoms with Crippen LogP contribution in [-0.4, -0.2) is 27.7 Å². The molecule has 0 aliphatic heterocycles. The summed E-state index contributed by atoms with van der Waals surface area (Å²) in [5.41, 5.74) is 0. The molecule has 0 amide bonds. The van der Waals surface area contributed by atoms with Gasteiger partial charge in [-0.1, -0.05) is 0 Å². The first-order valence-electron chi connectivity index (χ1n) is 0.204. The van der Waals surface area contributed by atoms with Crippen molar-refractivity contribution in [2.45, 2.75) is 0 Å². The molecule has 0 aromatic rings. The molecule has 0 unspecified atom stereocenters. The Balaban J connectivity index is -0.00000000500. The second-order valence-electron chi connectivity index (χ2n) is 0. The van der Waals surface area contributed by atoms with E-state index in [2.05, 4.69) is 0 Å². The third kappa shape index (κ3) is 10.3. The van der Waals surface area contributed by atoms with Gasteiger partial charge < -0.3 is 4.46 Å². The molecular formula is GeOSiTa. The molecule has 0 saturated carbocycles. The van der Waals surface area contributed by atoms with Gasteiger partial charge in [0.2, 0.25) is 0 Å². The number of hydrogen-bond donors (Lipinski definition) is 0. The predicted octanol–water partition coefficient (Wildman–Crippen LogP) is -0.883. The standard InChI is InChI=1S/Ge.OSi.Ta/c;1-2;. The molecule has 0 N–H and O–H groups in total. The molecule has 0 atom stereocenters. The van der Waals surface area contributed by atoms with E-state index in [0.29, 0.717) is 0 Å². The molecule has 0 aliphatic rings. The first-order valence-corrected chi connectivity index (χ1v) is 0.612. The van der Waals surface area contributed by atoms with Gasteiger partial charge >= 0.3 is 10.1 Å². The van der Waals surface area contributed by atoms with Crippen molar-refractivity contribution < 1.29 is 26.8 Å². The average molecular weight is 298 g/mol. The topological polar surface area (TPSA) is 17.1 Å². The third-order valence-corrected chi connectivity index (χ3v) is 0. The van der Waals surface area contributed by atoms with Crippen LogP contribution in [0.25, 0.3) is 0 Å². The fraction of sp³-hybridized carbons (Fsp3) is 0. The Morgan fingerprint density at radius 1 is 1.25 bits per heavy atom. The molecule has 0 aromatic carbocycles. The van der Waals surface area contributed by atoms with E-state index in [0.717, 1.165) is 0 Å². The zero-order chi connectivity index (χ0) is 2.00. The first kappa shape index (κ1) is 18.5. The molecule has 4 heteroatoms. The van der Waals surface area contributed by atoms with Gasteiger partial charge in [0.1, 0.15) is 0 Å². The van der Waals surface area contributed by atoms with Crippen LogP contribution in [0.1, 0.15) is 0 Å². The molecular weight excluding hydrogens is 298 g/mol. The van der Waals surface area contributed by atoms with Gasteiger partial charge in [0, 0.05) is 40.0 Å². The van der Waals surface area contributed by atoms with Crippen molar-refractivity contribution in [3.63, 3.8) is 0 Å². The first-order chi connectivity index (χ1) is 1.00. The van der Waals surface area contributed by atoms with E-state index in [4.69, 9.17) is 4.46 Å². The maximum atomic E-state index is 8.06. The van der Waals surface area contributed by atoms with Crippen LogP contribution in [0.5, 0.6) is 0 Å². The normalized spacial score (nSPS) is 1.00. The minimum absolute atomic E-state index is 0. The smallest absolute Gasteiger partial charge is 0.381 e. The largest absolute Gasteiger partial charge is 0.381 e. The van der Waals surface area contributed by atoms with Crippen LogP contribution in [-0.2, 0) is 26.8 Å². The fourth-order valence-corrected chi connectivity index (χ4v) is 0. The zero-order valence-corrected chi connectivity index (χ0v) is 8.17. The second-order valence-corrected chi connectivity index (χ2v) is 0. The van der Waals surface area contributed by atoms with Gasteiger partial charge in [-0.05, 0) is 0 Å². The Labute approximate surface area is 54.5 Å². The molecule has 1 nitrogen and oxygen atoms in total. The summed E-state index contributed by atoms with van der Waals surface area (Å²) in [6, 6.07) is 0. The summed E-state index contributed by atoms with van der Waals surface area (Å²) in [7, 11) is 1.72. The van der Waals surface area contributed by atoms with Gasteiger partial charge in [0.25, 0.3) is 0 Å². The predicted molar refractivity (Wildman–Crippen MR) is 12.2 cm³/mol. The summed E-state index contributed by atoms with van der Waals surface area (Å²) >= 11 is 0. The summed E-state index contributed by atoms with van der Waals surface area (Å²) < 4.78 is 8.06. The van der Waals surface area contributed by atoms with Gasteiger partial charge in [-0.2, -0.15) is 0 Å². The molecule has 4 heavy (non-hydrogen) atoms. The third-order valence-electron chi connectivity index (χ3n) is 0. The van der Waals surface area contributed by atoms with Crippen LogP contribution >= 0.6 is 0 Å². The van der Waals surface area contributed by atoms with Crippen molar-refractivity contribution in [1.29, 1.82) is 0 Å². The summed E-state index contributed by atoms with van der Waals surface area (Å²) in [6.45, 7) is 0. The molecule has 0 heterocycles.